The van der Waals surface area contributed by atoms with Crippen LogP contribution in [0.2, 0.25) is 0 Å². The van der Waals surface area contributed by atoms with Crippen LogP contribution in [0.25, 0.3) is 0 Å². The summed E-state index contributed by atoms with van der Waals surface area (Å²) in [5.74, 6) is 1.12. The molecule has 0 amide bonds. The molecule has 0 spiro atoms. The van der Waals surface area contributed by atoms with E-state index in [9.17, 15) is 10.2 Å². The van der Waals surface area contributed by atoms with E-state index < -0.39 is 40.9 Å². The van der Waals surface area contributed by atoms with E-state index in [-0.39, 0.29) is 17.2 Å². The van der Waals surface area contributed by atoms with Crippen molar-refractivity contribution >= 4 is 23.5 Å². The molecule has 4 N–H and O–H groups in total. The molecule has 6 aromatic carbocycles. The van der Waals surface area contributed by atoms with Crippen molar-refractivity contribution in [2.75, 3.05) is 7.05 Å². The van der Waals surface area contributed by atoms with Crippen LogP contribution in [0.4, 0.5) is 0 Å². The van der Waals surface area contributed by atoms with E-state index in [1.54, 1.807) is 0 Å². The molecule has 2 aliphatic rings. The molecule has 14 heteroatoms. The van der Waals surface area contributed by atoms with Gasteiger partial charge in [-0.05, 0) is 67.6 Å². The zero-order valence-electron chi connectivity index (χ0n) is 30.0. The Morgan fingerprint density at radius 3 is 1.38 bits per heavy atom. The number of hydrogen-bond acceptors (Lipinski definition) is 11. The van der Waals surface area contributed by atoms with Crippen LogP contribution >= 0.6 is 23.5 Å². The van der Waals surface area contributed by atoms with Gasteiger partial charge in [0.25, 0.3) is 5.78 Å². The first-order chi connectivity index (χ1) is 26.8. The van der Waals surface area contributed by atoms with Crippen LogP contribution in [0.3, 0.4) is 0 Å². The molecule has 55 heavy (non-hydrogen) atoms. The standard InChI is InChI=1S/C41H39N3O8P3/c1-31-44(2)53(48-35-20-10-4-11-21-35)40(41(53)47-34-18-8-3-9-19-34)42-55(51-37-24-14-6-15-25-37,52-38-26-16-7-17-27-38)43-54(31,49-36-22-12-5-13-23-36)50-39-29-32(45)28-33(46)30-39/h3-31,40-43H,1-2H3/q+1/p+2. The van der Waals surface area contributed by atoms with Gasteiger partial charge >= 0.3 is 29.4 Å². The maximum absolute atomic E-state index is 10.7. The van der Waals surface area contributed by atoms with E-state index in [4.69, 9.17) is 27.4 Å². The van der Waals surface area contributed by atoms with Gasteiger partial charge in [-0.3, -0.25) is 18.1 Å². The maximum atomic E-state index is 10.7. The first kappa shape index (κ1) is 36.8. The van der Waals surface area contributed by atoms with Gasteiger partial charge in [0.1, 0.15) is 17.2 Å². The number of hydrogen-bond donors (Lipinski definition) is 4. The molecule has 2 heterocycles. The van der Waals surface area contributed by atoms with Crippen LogP contribution < -0.4 is 37.3 Å². The SMILES string of the molecule is CC1N(C)[P+]2(Oc3ccccc3)C(N[P+](Oc3ccccc3)(Oc3ccccc3)N[P+]1(Oc1ccccc1)Oc1cc(O)cc(O)c1)C2Oc1ccccc1. The number of nitrogens with zero attached hydrogens (tertiary/aromatic N) is 1. The Morgan fingerprint density at radius 2 is 0.909 bits per heavy atom. The van der Waals surface area contributed by atoms with Crippen molar-refractivity contribution < 1.29 is 37.6 Å². The zero-order valence-corrected chi connectivity index (χ0v) is 32.7. The lowest BCUT2D eigenvalue weighted by atomic mass is 10.3. The van der Waals surface area contributed by atoms with Gasteiger partial charge in [-0.15, -0.1) is 0 Å². The predicted molar refractivity (Wildman–Crippen MR) is 218 cm³/mol. The van der Waals surface area contributed by atoms with Crippen molar-refractivity contribution in [1.29, 1.82) is 0 Å². The van der Waals surface area contributed by atoms with Gasteiger partial charge in [0, 0.05) is 25.2 Å². The van der Waals surface area contributed by atoms with E-state index in [0.29, 0.717) is 28.7 Å². The number of phenolic OH excluding ortho intramolecular Hbond substituents is 2. The van der Waals surface area contributed by atoms with Crippen molar-refractivity contribution in [3.8, 4) is 46.0 Å². The van der Waals surface area contributed by atoms with Crippen molar-refractivity contribution in [3.63, 3.8) is 0 Å². The molecule has 2 fully saturated rings. The van der Waals surface area contributed by atoms with Crippen molar-refractivity contribution in [3.05, 3.63) is 170 Å². The Kier molecular flexibility index (Phi) is 10.4. The highest BCUT2D eigenvalue weighted by Crippen LogP contribution is 2.90. The number of ether oxygens (including phenoxy) is 1. The molecule has 0 radical (unpaired) electrons. The van der Waals surface area contributed by atoms with Crippen molar-refractivity contribution in [2.45, 2.75) is 24.3 Å². The van der Waals surface area contributed by atoms with Gasteiger partial charge in [0.05, 0.1) is 4.86 Å². The first-order valence-corrected chi connectivity index (χ1v) is 22.8. The fourth-order valence-corrected chi connectivity index (χ4v) is 18.0. The van der Waals surface area contributed by atoms with E-state index in [1.165, 1.54) is 18.2 Å². The van der Waals surface area contributed by atoms with Crippen LogP contribution in [-0.4, -0.2) is 39.3 Å². The number of aromatic hydroxyl groups is 2. The van der Waals surface area contributed by atoms with Gasteiger partial charge in [-0.1, -0.05) is 101 Å². The minimum Gasteiger partial charge on any atom is -0.508 e. The van der Waals surface area contributed by atoms with E-state index in [1.807, 2.05) is 166 Å². The van der Waals surface area contributed by atoms with Gasteiger partial charge in [-0.2, -0.15) is 0 Å². The minimum atomic E-state index is -3.68. The third kappa shape index (κ3) is 7.87. The molecule has 11 nitrogen and oxygen atoms in total. The highest BCUT2D eigenvalue weighted by molar-refractivity contribution is 7.84. The normalized spacial score (nSPS) is 24.2. The van der Waals surface area contributed by atoms with E-state index >= 15 is 0 Å². The fraction of sp³-hybridized carbons (Fsp3) is 0.122. The summed E-state index contributed by atoms with van der Waals surface area (Å²) in [6, 6.07) is 51.5. The van der Waals surface area contributed by atoms with Crippen LogP contribution in [0, 0.1) is 0 Å². The highest BCUT2D eigenvalue weighted by Gasteiger charge is 2.93. The minimum absolute atomic E-state index is 0.161. The van der Waals surface area contributed by atoms with Gasteiger partial charge in [-0.25, -0.2) is 0 Å². The van der Waals surface area contributed by atoms with Crippen molar-refractivity contribution in [1.82, 2.24) is 14.6 Å². The second-order valence-corrected chi connectivity index (χ2v) is 21.0. The molecular weight excluding hydrogens is 755 g/mol. The summed E-state index contributed by atoms with van der Waals surface area (Å²) >= 11 is 0. The maximum Gasteiger partial charge on any atom is 0.562 e. The quantitative estimate of drug-likeness (QED) is 0.0885. The summed E-state index contributed by atoms with van der Waals surface area (Å²) in [5.41, 5.74) is 0. The molecule has 280 valence electrons. The summed E-state index contributed by atoms with van der Waals surface area (Å²) in [6.07, 6.45) is 0. The Balaban J connectivity index is 1.36. The molecule has 8 rings (SSSR count). The smallest absolute Gasteiger partial charge is 0.508 e. The lowest BCUT2D eigenvalue weighted by molar-refractivity contribution is 0.299. The Labute approximate surface area is 322 Å². The lowest BCUT2D eigenvalue weighted by Crippen LogP contribution is -2.48. The second kappa shape index (κ2) is 15.6. The Morgan fingerprint density at radius 1 is 0.509 bits per heavy atom. The van der Waals surface area contributed by atoms with Gasteiger partial charge in [0.2, 0.25) is 5.78 Å². The molecule has 0 saturated carbocycles. The van der Waals surface area contributed by atoms with Crippen LogP contribution in [0.15, 0.2) is 170 Å². The molecule has 0 aliphatic carbocycles. The zero-order chi connectivity index (χ0) is 37.9. The van der Waals surface area contributed by atoms with E-state index in [2.05, 4.69) is 14.6 Å². The summed E-state index contributed by atoms with van der Waals surface area (Å²) < 4.78 is 44.5. The number of nitrogens with one attached hydrogen (secondary N) is 2. The summed E-state index contributed by atoms with van der Waals surface area (Å²) in [5, 5.41) is 25.1. The average Bonchev–Trinajstić information content (AvgIpc) is 3.77. The highest BCUT2D eigenvalue weighted by atomic mass is 31.3. The molecular formula is C41H41N3O8P3+3. The van der Waals surface area contributed by atoms with Crippen LogP contribution in [-0.2, 0) is 0 Å². The van der Waals surface area contributed by atoms with Gasteiger partial charge < -0.3 is 19.5 Å². The van der Waals surface area contributed by atoms with E-state index in [0.717, 1.165) is 0 Å². The molecule has 0 bridgehead atoms. The molecule has 5 unspecified atom stereocenters. The lowest BCUT2D eigenvalue weighted by Gasteiger charge is -2.35. The van der Waals surface area contributed by atoms with Crippen molar-refractivity contribution in [2.24, 2.45) is 0 Å². The Bertz CT molecular complexity index is 2120. The molecule has 6 aromatic rings. The second-order valence-electron chi connectivity index (χ2n) is 12.9. The number of phenols is 2. The van der Waals surface area contributed by atoms with Crippen LogP contribution in [0.5, 0.6) is 46.0 Å². The molecule has 2 saturated heterocycles. The summed E-state index contributed by atoms with van der Waals surface area (Å²) in [7, 11) is -8.28. The summed E-state index contributed by atoms with van der Waals surface area (Å²) in [6.45, 7) is 2.00. The average molecular weight is 797 g/mol. The number of benzene rings is 6. The topological polar surface area (TPSA) is 123 Å². The molecule has 5 atom stereocenters. The predicted octanol–water partition coefficient (Wildman–Crippen LogP) is 10.3. The number of rotatable bonds is 12. The Hall–Kier alpha value is -5.11. The number of para-hydroxylation sites is 5. The number of fused-ring (bicyclic) bond motifs is 1. The fourth-order valence-electron chi connectivity index (χ4n) is 6.36. The summed E-state index contributed by atoms with van der Waals surface area (Å²) in [4.78, 5) is 3.74. The van der Waals surface area contributed by atoms with Gasteiger partial charge in [0.15, 0.2) is 28.7 Å². The largest absolute Gasteiger partial charge is 0.562 e. The third-order valence-corrected chi connectivity index (χ3v) is 19.3. The molecule has 2 aliphatic heterocycles. The first-order valence-electron chi connectivity index (χ1n) is 17.7. The third-order valence-electron chi connectivity index (χ3n) is 9.09. The molecule has 0 aromatic heterocycles. The monoisotopic (exact) mass is 796 g/mol. The van der Waals surface area contributed by atoms with Crippen LogP contribution in [0.1, 0.15) is 6.92 Å².